The summed E-state index contributed by atoms with van der Waals surface area (Å²) >= 11 is 0. The molecule has 0 amide bonds. The van der Waals surface area contributed by atoms with Gasteiger partial charge in [0, 0.05) is 11.7 Å². The molecule has 0 aliphatic carbocycles. The highest BCUT2D eigenvalue weighted by Crippen LogP contribution is 2.20. The van der Waals surface area contributed by atoms with Crippen LogP contribution in [0.1, 0.15) is 22.3 Å². The van der Waals surface area contributed by atoms with E-state index in [1.54, 1.807) is 6.21 Å². The largest absolute Gasteiger partial charge is 0.321 e. The first-order valence-electron chi connectivity index (χ1n) is 7.28. The molecule has 1 heterocycles. The van der Waals surface area contributed by atoms with Crippen LogP contribution in [0.25, 0.3) is 10.9 Å². The molecule has 1 aromatic heterocycles. The van der Waals surface area contributed by atoms with E-state index in [9.17, 15) is 4.79 Å². The second-order valence-corrected chi connectivity index (χ2v) is 5.69. The molecule has 2 aromatic carbocycles. The van der Waals surface area contributed by atoms with E-state index in [0.717, 1.165) is 33.3 Å². The van der Waals surface area contributed by atoms with Gasteiger partial charge < -0.3 is 4.98 Å². The van der Waals surface area contributed by atoms with Crippen molar-refractivity contribution in [2.24, 2.45) is 4.99 Å². The van der Waals surface area contributed by atoms with Crippen molar-refractivity contribution in [2.75, 3.05) is 0 Å². The Hall–Kier alpha value is -2.68. The van der Waals surface area contributed by atoms with Gasteiger partial charge >= 0.3 is 0 Å². The standard InChI is InChI=1S/C19H18N2O/c1-12-5-7-17-15(8-12)10-16(19(22)21-17)11-20-18-9-13(2)4-6-14(18)3/h4-11H,1-3H3,(H,21,22). The maximum absolute atomic E-state index is 12.1. The van der Waals surface area contributed by atoms with Crippen LogP contribution >= 0.6 is 0 Å². The van der Waals surface area contributed by atoms with Crippen molar-refractivity contribution in [3.8, 4) is 0 Å². The van der Waals surface area contributed by atoms with Crippen LogP contribution in [0.4, 0.5) is 5.69 Å². The number of rotatable bonds is 2. The Balaban J connectivity index is 2.06. The second-order valence-electron chi connectivity index (χ2n) is 5.69. The summed E-state index contributed by atoms with van der Waals surface area (Å²) in [5.41, 5.74) is 5.60. The third-order valence-electron chi connectivity index (χ3n) is 3.74. The van der Waals surface area contributed by atoms with Gasteiger partial charge in [-0.15, -0.1) is 0 Å². The average molecular weight is 290 g/mol. The van der Waals surface area contributed by atoms with Gasteiger partial charge in [0.2, 0.25) is 0 Å². The Morgan fingerprint density at radius 1 is 0.955 bits per heavy atom. The van der Waals surface area contributed by atoms with Crippen LogP contribution in [0.2, 0.25) is 0 Å². The van der Waals surface area contributed by atoms with E-state index in [1.807, 2.05) is 51.1 Å². The normalized spacial score (nSPS) is 11.4. The van der Waals surface area contributed by atoms with Crippen LogP contribution < -0.4 is 5.56 Å². The van der Waals surface area contributed by atoms with E-state index in [-0.39, 0.29) is 5.56 Å². The first-order chi connectivity index (χ1) is 10.5. The van der Waals surface area contributed by atoms with Crippen molar-refractivity contribution >= 4 is 22.8 Å². The number of aromatic amines is 1. The number of benzene rings is 2. The number of hydrogen-bond acceptors (Lipinski definition) is 2. The highest BCUT2D eigenvalue weighted by Gasteiger charge is 2.02. The van der Waals surface area contributed by atoms with Gasteiger partial charge in [-0.3, -0.25) is 9.79 Å². The quantitative estimate of drug-likeness (QED) is 0.706. The fraction of sp³-hybridized carbons (Fsp3) is 0.158. The van der Waals surface area contributed by atoms with Gasteiger partial charge in [0.25, 0.3) is 5.56 Å². The molecule has 0 aliphatic rings. The molecule has 3 rings (SSSR count). The molecule has 0 saturated carbocycles. The molecule has 0 atom stereocenters. The average Bonchev–Trinajstić information content (AvgIpc) is 2.48. The van der Waals surface area contributed by atoms with Crippen LogP contribution in [0.15, 0.2) is 52.3 Å². The first kappa shape index (κ1) is 14.3. The SMILES string of the molecule is Cc1ccc(C)c(N=Cc2cc3cc(C)ccc3[nH]c2=O)c1. The first-order valence-corrected chi connectivity index (χ1v) is 7.28. The zero-order chi connectivity index (χ0) is 15.7. The summed E-state index contributed by atoms with van der Waals surface area (Å²) in [4.78, 5) is 19.5. The van der Waals surface area contributed by atoms with Crippen molar-refractivity contribution < 1.29 is 0 Å². The Kier molecular flexibility index (Phi) is 3.63. The van der Waals surface area contributed by atoms with Crippen molar-refractivity contribution in [1.82, 2.24) is 4.98 Å². The monoisotopic (exact) mass is 290 g/mol. The summed E-state index contributed by atoms with van der Waals surface area (Å²) in [6.45, 7) is 6.08. The number of aromatic nitrogens is 1. The molecular weight excluding hydrogens is 272 g/mol. The lowest BCUT2D eigenvalue weighted by atomic mass is 10.1. The molecule has 0 spiro atoms. The molecule has 110 valence electrons. The van der Waals surface area contributed by atoms with E-state index in [1.165, 1.54) is 0 Å². The van der Waals surface area contributed by atoms with Crippen LogP contribution in [0.5, 0.6) is 0 Å². The van der Waals surface area contributed by atoms with E-state index >= 15 is 0 Å². The fourth-order valence-electron chi connectivity index (χ4n) is 2.44. The fourth-order valence-corrected chi connectivity index (χ4v) is 2.44. The third-order valence-corrected chi connectivity index (χ3v) is 3.74. The lowest BCUT2D eigenvalue weighted by Crippen LogP contribution is -2.11. The molecule has 3 heteroatoms. The van der Waals surface area contributed by atoms with Crippen LogP contribution in [0.3, 0.4) is 0 Å². The van der Waals surface area contributed by atoms with Gasteiger partial charge in [0.05, 0.1) is 11.3 Å². The Bertz CT molecular complexity index is 936. The predicted octanol–water partition coefficient (Wildman–Crippen LogP) is 4.20. The number of hydrogen-bond donors (Lipinski definition) is 1. The van der Waals surface area contributed by atoms with Gasteiger partial charge in [0.1, 0.15) is 0 Å². The van der Waals surface area contributed by atoms with Crippen molar-refractivity contribution in [1.29, 1.82) is 0 Å². The van der Waals surface area contributed by atoms with Gasteiger partial charge in [-0.25, -0.2) is 0 Å². The topological polar surface area (TPSA) is 45.2 Å². The van der Waals surface area contributed by atoms with E-state index in [0.29, 0.717) is 5.56 Å². The van der Waals surface area contributed by atoms with Crippen molar-refractivity contribution in [3.05, 3.63) is 75.1 Å². The van der Waals surface area contributed by atoms with Crippen molar-refractivity contribution in [3.63, 3.8) is 0 Å². The molecule has 3 nitrogen and oxygen atoms in total. The van der Waals surface area contributed by atoms with Gasteiger partial charge in [-0.2, -0.15) is 0 Å². The minimum Gasteiger partial charge on any atom is -0.321 e. The third kappa shape index (κ3) is 2.84. The maximum Gasteiger partial charge on any atom is 0.257 e. The summed E-state index contributed by atoms with van der Waals surface area (Å²) < 4.78 is 0. The van der Waals surface area contributed by atoms with E-state index in [2.05, 4.69) is 22.1 Å². The molecule has 3 aromatic rings. The lowest BCUT2D eigenvalue weighted by molar-refractivity contribution is 1.28. The summed E-state index contributed by atoms with van der Waals surface area (Å²) in [5, 5.41) is 1.02. The Labute approximate surface area is 129 Å². The summed E-state index contributed by atoms with van der Waals surface area (Å²) in [5.74, 6) is 0. The van der Waals surface area contributed by atoms with Gasteiger partial charge in [0.15, 0.2) is 0 Å². The molecule has 0 fully saturated rings. The number of aryl methyl sites for hydroxylation is 3. The summed E-state index contributed by atoms with van der Waals surface area (Å²) in [7, 11) is 0. The molecular formula is C19H18N2O. The molecule has 0 unspecified atom stereocenters. The molecule has 0 bridgehead atoms. The number of nitrogens with one attached hydrogen (secondary N) is 1. The minimum absolute atomic E-state index is 0.120. The number of nitrogens with zero attached hydrogens (tertiary/aromatic N) is 1. The van der Waals surface area contributed by atoms with Crippen LogP contribution in [-0.4, -0.2) is 11.2 Å². The molecule has 1 N–H and O–H groups in total. The van der Waals surface area contributed by atoms with Crippen molar-refractivity contribution in [2.45, 2.75) is 20.8 Å². The zero-order valence-corrected chi connectivity index (χ0v) is 13.0. The number of pyridine rings is 1. The highest BCUT2D eigenvalue weighted by molar-refractivity contribution is 5.89. The Morgan fingerprint density at radius 3 is 2.50 bits per heavy atom. The van der Waals surface area contributed by atoms with Gasteiger partial charge in [-0.1, -0.05) is 23.8 Å². The Morgan fingerprint density at radius 2 is 1.68 bits per heavy atom. The highest BCUT2D eigenvalue weighted by atomic mass is 16.1. The second kappa shape index (κ2) is 5.60. The van der Waals surface area contributed by atoms with Crippen LogP contribution in [-0.2, 0) is 0 Å². The molecule has 22 heavy (non-hydrogen) atoms. The zero-order valence-electron chi connectivity index (χ0n) is 13.0. The van der Waals surface area contributed by atoms with E-state index < -0.39 is 0 Å². The number of H-pyrrole nitrogens is 1. The summed E-state index contributed by atoms with van der Waals surface area (Å²) in [6.07, 6.45) is 1.64. The smallest absolute Gasteiger partial charge is 0.257 e. The summed E-state index contributed by atoms with van der Waals surface area (Å²) in [6, 6.07) is 14.0. The molecule has 0 saturated heterocycles. The minimum atomic E-state index is -0.120. The van der Waals surface area contributed by atoms with E-state index in [4.69, 9.17) is 0 Å². The lowest BCUT2D eigenvalue weighted by Gasteiger charge is -2.03. The predicted molar refractivity (Wildman–Crippen MR) is 92.5 cm³/mol. The van der Waals surface area contributed by atoms with Gasteiger partial charge in [-0.05, 0) is 61.5 Å². The van der Waals surface area contributed by atoms with Crippen LogP contribution in [0, 0.1) is 20.8 Å². The maximum atomic E-state index is 12.1. The number of aliphatic imine (C=N–C) groups is 1. The number of fused-ring (bicyclic) bond motifs is 1. The molecule has 0 radical (unpaired) electrons. The molecule has 0 aliphatic heterocycles.